The van der Waals surface area contributed by atoms with Gasteiger partial charge in [-0.3, -0.25) is 0 Å². The van der Waals surface area contributed by atoms with E-state index in [9.17, 15) is 0 Å². The Balaban J connectivity index is 1.92. The summed E-state index contributed by atoms with van der Waals surface area (Å²) in [6, 6.07) is 4.06. The van der Waals surface area contributed by atoms with Crippen molar-refractivity contribution in [1.82, 2.24) is 9.97 Å². The third-order valence-electron chi connectivity index (χ3n) is 2.15. The standard InChI is InChI=1S/C11H14N4O/c1-8(5-9-3-2-4-16-9)15-11-7-13-10(12)6-14-11/h2-4,6-8H,5H2,1H3,(H2,12,13)(H,14,15). The Morgan fingerprint density at radius 3 is 2.94 bits per heavy atom. The molecular weight excluding hydrogens is 204 g/mol. The normalized spacial score (nSPS) is 12.3. The minimum atomic E-state index is 0.226. The molecule has 0 spiro atoms. The molecular formula is C11H14N4O. The maximum atomic E-state index is 5.45. The summed E-state index contributed by atoms with van der Waals surface area (Å²) < 4.78 is 5.26. The lowest BCUT2D eigenvalue weighted by Gasteiger charge is -2.12. The van der Waals surface area contributed by atoms with Crippen LogP contribution in [0.2, 0.25) is 0 Å². The number of nitrogens with zero attached hydrogens (tertiary/aromatic N) is 2. The number of hydrogen-bond donors (Lipinski definition) is 2. The lowest BCUT2D eigenvalue weighted by molar-refractivity contribution is 0.497. The Hall–Kier alpha value is -2.04. The fourth-order valence-electron chi connectivity index (χ4n) is 1.45. The molecule has 1 unspecified atom stereocenters. The molecule has 2 rings (SSSR count). The lowest BCUT2D eigenvalue weighted by Crippen LogP contribution is -2.18. The molecule has 2 aromatic heterocycles. The molecule has 16 heavy (non-hydrogen) atoms. The monoisotopic (exact) mass is 218 g/mol. The summed E-state index contributed by atoms with van der Waals surface area (Å²) in [6.07, 6.45) is 5.63. The molecule has 0 aliphatic carbocycles. The number of anilines is 2. The zero-order chi connectivity index (χ0) is 11.4. The van der Waals surface area contributed by atoms with Gasteiger partial charge in [0.25, 0.3) is 0 Å². The van der Waals surface area contributed by atoms with E-state index in [1.54, 1.807) is 12.5 Å². The smallest absolute Gasteiger partial charge is 0.144 e. The predicted octanol–water partition coefficient (Wildman–Crippen LogP) is 1.69. The van der Waals surface area contributed by atoms with Crippen molar-refractivity contribution in [3.05, 3.63) is 36.5 Å². The summed E-state index contributed by atoms with van der Waals surface area (Å²) in [6.45, 7) is 2.06. The maximum absolute atomic E-state index is 5.45. The number of furan rings is 1. The van der Waals surface area contributed by atoms with Crippen LogP contribution in [0.25, 0.3) is 0 Å². The van der Waals surface area contributed by atoms with Crippen LogP contribution < -0.4 is 11.1 Å². The predicted molar refractivity (Wildman–Crippen MR) is 61.9 cm³/mol. The van der Waals surface area contributed by atoms with Gasteiger partial charge in [-0.05, 0) is 19.1 Å². The van der Waals surface area contributed by atoms with Crippen molar-refractivity contribution in [2.24, 2.45) is 0 Å². The number of hydrogen-bond acceptors (Lipinski definition) is 5. The van der Waals surface area contributed by atoms with Gasteiger partial charge in [-0.15, -0.1) is 0 Å². The van der Waals surface area contributed by atoms with Crippen molar-refractivity contribution in [3.63, 3.8) is 0 Å². The largest absolute Gasteiger partial charge is 0.469 e. The summed E-state index contributed by atoms with van der Waals surface area (Å²) in [7, 11) is 0. The SMILES string of the molecule is CC(Cc1ccco1)Nc1cnc(N)cn1. The van der Waals surface area contributed by atoms with Crippen LogP contribution in [0, 0.1) is 0 Å². The molecule has 3 N–H and O–H groups in total. The average molecular weight is 218 g/mol. The molecule has 0 saturated heterocycles. The van der Waals surface area contributed by atoms with E-state index in [4.69, 9.17) is 10.2 Å². The summed E-state index contributed by atoms with van der Waals surface area (Å²) in [4.78, 5) is 8.08. The first-order chi connectivity index (χ1) is 7.74. The minimum absolute atomic E-state index is 0.226. The maximum Gasteiger partial charge on any atom is 0.144 e. The van der Waals surface area contributed by atoms with Gasteiger partial charge in [-0.2, -0.15) is 0 Å². The van der Waals surface area contributed by atoms with Crippen LogP contribution in [0.3, 0.4) is 0 Å². The van der Waals surface area contributed by atoms with E-state index in [1.165, 1.54) is 6.20 Å². The van der Waals surface area contributed by atoms with Gasteiger partial charge >= 0.3 is 0 Å². The van der Waals surface area contributed by atoms with E-state index < -0.39 is 0 Å². The summed E-state index contributed by atoms with van der Waals surface area (Å²) in [5.41, 5.74) is 5.45. The van der Waals surface area contributed by atoms with Crippen molar-refractivity contribution in [3.8, 4) is 0 Å². The Kier molecular flexibility index (Phi) is 3.05. The molecule has 0 fully saturated rings. The number of nitrogen functional groups attached to an aromatic ring is 1. The fourth-order valence-corrected chi connectivity index (χ4v) is 1.45. The Morgan fingerprint density at radius 1 is 1.44 bits per heavy atom. The van der Waals surface area contributed by atoms with Crippen LogP contribution in [-0.2, 0) is 6.42 Å². The number of nitrogens with one attached hydrogen (secondary N) is 1. The van der Waals surface area contributed by atoms with Crippen molar-refractivity contribution < 1.29 is 4.42 Å². The topological polar surface area (TPSA) is 77.0 Å². The summed E-state index contributed by atoms with van der Waals surface area (Å²) in [5.74, 6) is 2.08. The van der Waals surface area contributed by atoms with Crippen molar-refractivity contribution in [2.45, 2.75) is 19.4 Å². The van der Waals surface area contributed by atoms with Gasteiger partial charge in [0.15, 0.2) is 0 Å². The fraction of sp³-hybridized carbons (Fsp3) is 0.273. The molecule has 0 saturated carbocycles. The Labute approximate surface area is 93.7 Å². The van der Waals surface area contributed by atoms with Crippen LogP contribution >= 0.6 is 0 Å². The van der Waals surface area contributed by atoms with Gasteiger partial charge in [0.1, 0.15) is 17.4 Å². The third kappa shape index (κ3) is 2.73. The minimum Gasteiger partial charge on any atom is -0.469 e. The summed E-state index contributed by atoms with van der Waals surface area (Å²) in [5, 5.41) is 3.22. The Morgan fingerprint density at radius 2 is 2.31 bits per heavy atom. The highest BCUT2D eigenvalue weighted by Gasteiger charge is 2.06. The number of rotatable bonds is 4. The van der Waals surface area contributed by atoms with Crippen LogP contribution in [0.4, 0.5) is 11.6 Å². The second-order valence-corrected chi connectivity index (χ2v) is 3.66. The zero-order valence-electron chi connectivity index (χ0n) is 9.05. The van der Waals surface area contributed by atoms with Gasteiger partial charge in [-0.1, -0.05) is 0 Å². The second-order valence-electron chi connectivity index (χ2n) is 3.66. The molecule has 0 aliphatic heterocycles. The Bertz CT molecular complexity index is 424. The van der Waals surface area contributed by atoms with E-state index in [-0.39, 0.29) is 6.04 Å². The quantitative estimate of drug-likeness (QED) is 0.816. The molecule has 5 nitrogen and oxygen atoms in total. The van der Waals surface area contributed by atoms with E-state index >= 15 is 0 Å². The third-order valence-corrected chi connectivity index (χ3v) is 2.15. The van der Waals surface area contributed by atoms with Crippen LogP contribution in [-0.4, -0.2) is 16.0 Å². The van der Waals surface area contributed by atoms with Crippen molar-refractivity contribution in [2.75, 3.05) is 11.1 Å². The van der Waals surface area contributed by atoms with Crippen molar-refractivity contribution in [1.29, 1.82) is 0 Å². The second kappa shape index (κ2) is 4.65. The van der Waals surface area contributed by atoms with Gasteiger partial charge < -0.3 is 15.5 Å². The van der Waals surface area contributed by atoms with Gasteiger partial charge in [0.05, 0.1) is 18.7 Å². The number of nitrogens with two attached hydrogens (primary N) is 1. The highest BCUT2D eigenvalue weighted by atomic mass is 16.3. The molecule has 0 amide bonds. The molecule has 1 atom stereocenters. The van der Waals surface area contributed by atoms with Crippen molar-refractivity contribution >= 4 is 11.6 Å². The molecule has 2 aromatic rings. The van der Waals surface area contributed by atoms with E-state index in [1.807, 2.05) is 12.1 Å². The van der Waals surface area contributed by atoms with Crippen LogP contribution in [0.5, 0.6) is 0 Å². The van der Waals surface area contributed by atoms with E-state index in [2.05, 4.69) is 22.2 Å². The molecule has 0 radical (unpaired) electrons. The number of aromatic nitrogens is 2. The first kappa shape index (κ1) is 10.5. The molecule has 2 heterocycles. The average Bonchev–Trinajstić information content (AvgIpc) is 2.74. The van der Waals surface area contributed by atoms with Gasteiger partial charge in [-0.25, -0.2) is 9.97 Å². The molecule has 0 aromatic carbocycles. The van der Waals surface area contributed by atoms with Gasteiger partial charge in [0, 0.05) is 12.5 Å². The highest BCUT2D eigenvalue weighted by Crippen LogP contribution is 2.09. The zero-order valence-corrected chi connectivity index (χ0v) is 9.05. The van der Waals surface area contributed by atoms with Gasteiger partial charge in [0.2, 0.25) is 0 Å². The first-order valence-electron chi connectivity index (χ1n) is 5.10. The lowest BCUT2D eigenvalue weighted by atomic mass is 10.2. The summed E-state index contributed by atoms with van der Waals surface area (Å²) >= 11 is 0. The molecule has 0 aliphatic rings. The highest BCUT2D eigenvalue weighted by molar-refractivity contribution is 5.36. The van der Waals surface area contributed by atoms with Crippen LogP contribution in [0.15, 0.2) is 35.2 Å². The first-order valence-corrected chi connectivity index (χ1v) is 5.10. The van der Waals surface area contributed by atoms with E-state index in [0.29, 0.717) is 11.6 Å². The van der Waals surface area contributed by atoms with E-state index in [0.717, 1.165) is 12.2 Å². The molecule has 84 valence electrons. The molecule has 0 bridgehead atoms. The van der Waals surface area contributed by atoms with Crippen LogP contribution in [0.1, 0.15) is 12.7 Å². The molecule has 5 heteroatoms.